The van der Waals surface area contributed by atoms with Crippen molar-refractivity contribution in [1.29, 1.82) is 0 Å². The van der Waals surface area contributed by atoms with Gasteiger partial charge in [-0.15, -0.1) is 0 Å². The first-order valence-electron chi connectivity index (χ1n) is 7.29. The molecule has 0 radical (unpaired) electrons. The van der Waals surface area contributed by atoms with Crippen LogP contribution in [0, 0.1) is 5.92 Å². The lowest BCUT2D eigenvalue weighted by atomic mass is 10.0. The summed E-state index contributed by atoms with van der Waals surface area (Å²) >= 11 is 1.56. The van der Waals surface area contributed by atoms with Crippen molar-refractivity contribution in [2.24, 2.45) is 5.92 Å². The summed E-state index contributed by atoms with van der Waals surface area (Å²) in [7, 11) is 0. The lowest BCUT2D eigenvalue weighted by molar-refractivity contribution is 0.112. The van der Waals surface area contributed by atoms with Crippen molar-refractivity contribution in [2.45, 2.75) is 58.9 Å². The van der Waals surface area contributed by atoms with E-state index in [1.807, 2.05) is 0 Å². The third kappa shape index (κ3) is 3.35. The van der Waals surface area contributed by atoms with Gasteiger partial charge in [-0.25, -0.2) is 4.98 Å². The third-order valence-corrected chi connectivity index (χ3v) is 4.91. The normalized spacial score (nSPS) is 16.7. The molecule has 0 spiro atoms. The molecule has 1 atom stereocenters. The molecule has 0 saturated heterocycles. The minimum Gasteiger partial charge on any atom is -0.345 e. The Morgan fingerprint density at radius 1 is 1.42 bits per heavy atom. The first kappa shape index (κ1) is 14.5. The zero-order valence-electron chi connectivity index (χ0n) is 12.3. The van der Waals surface area contributed by atoms with Gasteiger partial charge in [-0.2, -0.15) is 0 Å². The maximum absolute atomic E-state index is 11.2. The smallest absolute Gasteiger partial charge is 0.186 e. The second kappa shape index (κ2) is 6.04. The molecule has 3 nitrogen and oxygen atoms in total. The van der Waals surface area contributed by atoms with Gasteiger partial charge in [0, 0.05) is 12.6 Å². The molecule has 1 aliphatic carbocycles. The molecule has 4 heteroatoms. The SMILES string of the molecule is CCC(C)c1nc(N(CC2CC2)C(C)C)sc1C=O. The summed E-state index contributed by atoms with van der Waals surface area (Å²) < 4.78 is 0. The van der Waals surface area contributed by atoms with Gasteiger partial charge in [-0.3, -0.25) is 4.79 Å². The molecule has 1 saturated carbocycles. The molecule has 0 N–H and O–H groups in total. The van der Waals surface area contributed by atoms with Crippen molar-refractivity contribution < 1.29 is 4.79 Å². The molecule has 1 aromatic rings. The molecule has 1 heterocycles. The summed E-state index contributed by atoms with van der Waals surface area (Å²) in [5.74, 6) is 1.19. The predicted octanol–water partition coefficient (Wildman–Crippen LogP) is 4.09. The van der Waals surface area contributed by atoms with Crippen LogP contribution in [0.4, 0.5) is 5.13 Å². The molecular formula is C15H24N2OS. The van der Waals surface area contributed by atoms with E-state index in [-0.39, 0.29) is 0 Å². The van der Waals surface area contributed by atoms with E-state index < -0.39 is 0 Å². The van der Waals surface area contributed by atoms with E-state index in [2.05, 4.69) is 32.6 Å². The first-order chi connectivity index (χ1) is 9.06. The van der Waals surface area contributed by atoms with Gasteiger partial charge in [0.05, 0.1) is 10.6 Å². The second-order valence-electron chi connectivity index (χ2n) is 5.86. The molecule has 0 bridgehead atoms. The van der Waals surface area contributed by atoms with E-state index in [0.717, 1.165) is 40.9 Å². The standard InChI is InChI=1S/C15H24N2OS/c1-5-11(4)14-13(9-18)19-15(16-14)17(10(2)3)8-12-6-7-12/h9-12H,5-8H2,1-4H3. The Morgan fingerprint density at radius 3 is 2.58 bits per heavy atom. The second-order valence-corrected chi connectivity index (χ2v) is 6.87. The number of thiazole rings is 1. The number of rotatable bonds is 7. The lowest BCUT2D eigenvalue weighted by Gasteiger charge is -2.26. The van der Waals surface area contributed by atoms with Crippen molar-refractivity contribution in [2.75, 3.05) is 11.4 Å². The van der Waals surface area contributed by atoms with Gasteiger partial charge in [0.25, 0.3) is 0 Å². The highest BCUT2D eigenvalue weighted by Gasteiger charge is 2.28. The Labute approximate surface area is 120 Å². The number of aldehydes is 1. The average molecular weight is 280 g/mol. The van der Waals surface area contributed by atoms with Gasteiger partial charge in [-0.1, -0.05) is 25.2 Å². The molecule has 1 aromatic heterocycles. The number of aromatic nitrogens is 1. The predicted molar refractivity (Wildman–Crippen MR) is 81.4 cm³/mol. The molecule has 0 amide bonds. The molecule has 1 aliphatic rings. The van der Waals surface area contributed by atoms with Gasteiger partial charge < -0.3 is 4.90 Å². The van der Waals surface area contributed by atoms with Gasteiger partial charge in [0.15, 0.2) is 11.4 Å². The van der Waals surface area contributed by atoms with Gasteiger partial charge in [-0.05, 0) is 44.9 Å². The third-order valence-electron chi connectivity index (χ3n) is 3.88. The minimum atomic E-state index is 0.361. The summed E-state index contributed by atoms with van der Waals surface area (Å²) in [6.07, 6.45) is 4.67. The zero-order valence-corrected chi connectivity index (χ0v) is 13.2. The van der Waals surface area contributed by atoms with E-state index in [4.69, 9.17) is 4.98 Å². The van der Waals surface area contributed by atoms with E-state index in [1.165, 1.54) is 12.8 Å². The Balaban J connectivity index is 2.26. The Morgan fingerprint density at radius 2 is 2.11 bits per heavy atom. The first-order valence-corrected chi connectivity index (χ1v) is 8.11. The molecular weight excluding hydrogens is 256 g/mol. The van der Waals surface area contributed by atoms with Gasteiger partial charge >= 0.3 is 0 Å². The van der Waals surface area contributed by atoms with Gasteiger partial charge in [0.2, 0.25) is 0 Å². The van der Waals surface area contributed by atoms with Gasteiger partial charge in [0.1, 0.15) is 0 Å². The summed E-state index contributed by atoms with van der Waals surface area (Å²) in [5, 5.41) is 1.03. The van der Waals surface area contributed by atoms with Crippen LogP contribution in [0.1, 0.15) is 68.2 Å². The van der Waals surface area contributed by atoms with E-state index >= 15 is 0 Å². The highest BCUT2D eigenvalue weighted by molar-refractivity contribution is 7.17. The van der Waals surface area contributed by atoms with E-state index in [1.54, 1.807) is 11.3 Å². The van der Waals surface area contributed by atoms with Crippen LogP contribution in [0.15, 0.2) is 0 Å². The van der Waals surface area contributed by atoms with Crippen molar-refractivity contribution in [1.82, 2.24) is 4.98 Å². The molecule has 19 heavy (non-hydrogen) atoms. The topological polar surface area (TPSA) is 33.2 Å². The molecule has 1 fully saturated rings. The fourth-order valence-electron chi connectivity index (χ4n) is 2.17. The zero-order chi connectivity index (χ0) is 14.0. The van der Waals surface area contributed by atoms with Crippen LogP contribution >= 0.6 is 11.3 Å². The van der Waals surface area contributed by atoms with Crippen LogP contribution in [-0.4, -0.2) is 23.9 Å². The van der Waals surface area contributed by atoms with Crippen molar-refractivity contribution in [3.05, 3.63) is 10.6 Å². The molecule has 0 aliphatic heterocycles. The number of nitrogens with zero attached hydrogens (tertiary/aromatic N) is 2. The van der Waals surface area contributed by atoms with Crippen LogP contribution in [0.3, 0.4) is 0 Å². The number of anilines is 1. The number of carbonyl (C=O) groups excluding carboxylic acids is 1. The van der Waals surface area contributed by atoms with Crippen molar-refractivity contribution in [3.8, 4) is 0 Å². The number of hydrogen-bond acceptors (Lipinski definition) is 4. The number of carbonyl (C=O) groups is 1. The van der Waals surface area contributed by atoms with Crippen molar-refractivity contribution >= 4 is 22.8 Å². The van der Waals surface area contributed by atoms with Crippen LogP contribution in [0.25, 0.3) is 0 Å². The Bertz CT molecular complexity index is 437. The summed E-state index contributed by atoms with van der Waals surface area (Å²) in [6, 6.07) is 0.441. The van der Waals surface area contributed by atoms with Crippen LogP contribution in [-0.2, 0) is 0 Å². The minimum absolute atomic E-state index is 0.361. The molecule has 1 unspecified atom stereocenters. The summed E-state index contributed by atoms with van der Waals surface area (Å²) in [5.41, 5.74) is 0.985. The van der Waals surface area contributed by atoms with Crippen LogP contribution in [0.5, 0.6) is 0 Å². The summed E-state index contributed by atoms with van der Waals surface area (Å²) in [4.78, 5) is 19.2. The Hall–Kier alpha value is -0.900. The largest absolute Gasteiger partial charge is 0.345 e. The quantitative estimate of drug-likeness (QED) is 0.705. The highest BCUT2D eigenvalue weighted by atomic mass is 32.1. The fraction of sp³-hybridized carbons (Fsp3) is 0.733. The lowest BCUT2D eigenvalue weighted by Crippen LogP contribution is -2.32. The number of hydrogen-bond donors (Lipinski definition) is 0. The Kier molecular flexibility index (Phi) is 4.61. The highest BCUT2D eigenvalue weighted by Crippen LogP contribution is 2.36. The maximum Gasteiger partial charge on any atom is 0.186 e. The van der Waals surface area contributed by atoms with E-state index in [0.29, 0.717) is 12.0 Å². The van der Waals surface area contributed by atoms with Crippen LogP contribution < -0.4 is 4.90 Å². The molecule has 106 valence electrons. The average Bonchev–Trinajstić information content (AvgIpc) is 3.12. The summed E-state index contributed by atoms with van der Waals surface area (Å²) in [6.45, 7) is 9.78. The maximum atomic E-state index is 11.2. The fourth-order valence-corrected chi connectivity index (χ4v) is 3.32. The monoisotopic (exact) mass is 280 g/mol. The molecule has 2 rings (SSSR count). The van der Waals surface area contributed by atoms with E-state index in [9.17, 15) is 4.79 Å². The van der Waals surface area contributed by atoms with Crippen molar-refractivity contribution in [3.63, 3.8) is 0 Å². The van der Waals surface area contributed by atoms with Crippen LogP contribution in [0.2, 0.25) is 0 Å². The molecule has 0 aromatic carbocycles.